The van der Waals surface area contributed by atoms with Crippen molar-refractivity contribution >= 4 is 11.7 Å². The van der Waals surface area contributed by atoms with E-state index in [-0.39, 0.29) is 17.8 Å². The van der Waals surface area contributed by atoms with Crippen LogP contribution in [0.5, 0.6) is 5.75 Å². The zero-order valence-corrected chi connectivity index (χ0v) is 13.7. The molecule has 0 aliphatic heterocycles. The summed E-state index contributed by atoms with van der Waals surface area (Å²) in [6.07, 6.45) is 4.26. The third-order valence-corrected chi connectivity index (χ3v) is 3.51. The van der Waals surface area contributed by atoms with Crippen LogP contribution in [0, 0.1) is 6.92 Å². The Kier molecular flexibility index (Phi) is 5.73. The number of carbonyl (C=O) groups excluding carboxylic acids is 1. The molecule has 1 heterocycles. The Balaban J connectivity index is 2.01. The fourth-order valence-electron chi connectivity index (χ4n) is 2.31. The van der Waals surface area contributed by atoms with Gasteiger partial charge in [0.15, 0.2) is 0 Å². The summed E-state index contributed by atoms with van der Waals surface area (Å²) in [5, 5.41) is 9.67. The second kappa shape index (κ2) is 7.76. The topological polar surface area (TPSA) is 68.2 Å². The van der Waals surface area contributed by atoms with Gasteiger partial charge in [0, 0.05) is 24.5 Å². The molecule has 0 saturated heterocycles. The predicted molar refractivity (Wildman–Crippen MR) is 86.2 cm³/mol. The molecule has 6 nitrogen and oxygen atoms in total. The van der Waals surface area contributed by atoms with Gasteiger partial charge in [-0.2, -0.15) is 13.9 Å². The number of hydrogen-bond acceptors (Lipinski definition) is 3. The minimum Gasteiger partial charge on any atom is -0.435 e. The lowest BCUT2D eigenvalue weighted by atomic mass is 10.1. The van der Waals surface area contributed by atoms with Gasteiger partial charge in [0.1, 0.15) is 5.75 Å². The van der Waals surface area contributed by atoms with Crippen molar-refractivity contribution in [3.05, 3.63) is 41.7 Å². The van der Waals surface area contributed by atoms with Gasteiger partial charge in [-0.15, -0.1) is 0 Å². The molecule has 8 heteroatoms. The van der Waals surface area contributed by atoms with Crippen molar-refractivity contribution in [3.63, 3.8) is 0 Å². The lowest BCUT2D eigenvalue weighted by molar-refractivity contribution is -0.0498. The zero-order chi connectivity index (χ0) is 17.7. The highest BCUT2D eigenvalue weighted by atomic mass is 19.3. The van der Waals surface area contributed by atoms with E-state index in [1.807, 2.05) is 20.2 Å². The first-order valence-electron chi connectivity index (χ1n) is 7.50. The molecule has 0 radical (unpaired) electrons. The van der Waals surface area contributed by atoms with Crippen LogP contribution in [0.25, 0.3) is 0 Å². The first kappa shape index (κ1) is 17.7. The standard InChI is InChI=1S/C16H20F2N4O2/c1-4-13(11-8-19-22(3)9-11)20-16(23)21-14-6-5-12(7-10(14)2)24-15(17)18/h5-9,13,15H,4H2,1-3H3,(H2,20,21,23)/t13-/m0/s1. The third-order valence-electron chi connectivity index (χ3n) is 3.51. The fourth-order valence-corrected chi connectivity index (χ4v) is 2.31. The van der Waals surface area contributed by atoms with Crippen LogP contribution in [0.1, 0.15) is 30.5 Å². The Hall–Kier alpha value is -2.64. The number of benzene rings is 1. The summed E-state index contributed by atoms with van der Waals surface area (Å²) in [6, 6.07) is 3.81. The highest BCUT2D eigenvalue weighted by Crippen LogP contribution is 2.23. The Morgan fingerprint density at radius 3 is 2.71 bits per heavy atom. The molecular formula is C16H20F2N4O2. The molecule has 1 aromatic heterocycles. The van der Waals surface area contributed by atoms with Gasteiger partial charge in [-0.25, -0.2) is 4.79 Å². The summed E-state index contributed by atoms with van der Waals surface area (Å²) >= 11 is 0. The molecule has 130 valence electrons. The number of halogens is 2. The average molecular weight is 338 g/mol. The van der Waals surface area contributed by atoms with E-state index in [4.69, 9.17) is 0 Å². The third kappa shape index (κ3) is 4.68. The number of amides is 2. The molecule has 2 N–H and O–H groups in total. The summed E-state index contributed by atoms with van der Waals surface area (Å²) in [7, 11) is 1.81. The smallest absolute Gasteiger partial charge is 0.387 e. The summed E-state index contributed by atoms with van der Waals surface area (Å²) < 4.78 is 30.4. The van der Waals surface area contributed by atoms with E-state index in [0.717, 1.165) is 5.56 Å². The zero-order valence-electron chi connectivity index (χ0n) is 13.7. The number of aryl methyl sites for hydroxylation is 2. The van der Waals surface area contributed by atoms with E-state index in [0.29, 0.717) is 17.7 Å². The molecule has 0 saturated carbocycles. The van der Waals surface area contributed by atoms with Crippen LogP contribution in [0.4, 0.5) is 19.3 Å². The lowest BCUT2D eigenvalue weighted by Gasteiger charge is -2.17. The molecule has 0 fully saturated rings. The molecular weight excluding hydrogens is 318 g/mol. The van der Waals surface area contributed by atoms with Crippen LogP contribution in [-0.4, -0.2) is 22.4 Å². The van der Waals surface area contributed by atoms with Crippen molar-refractivity contribution in [3.8, 4) is 5.75 Å². The van der Waals surface area contributed by atoms with E-state index in [1.54, 1.807) is 17.8 Å². The van der Waals surface area contributed by atoms with Gasteiger partial charge >= 0.3 is 12.6 Å². The molecule has 2 rings (SSSR count). The lowest BCUT2D eigenvalue weighted by Crippen LogP contribution is -2.32. The number of alkyl halides is 2. The minimum atomic E-state index is -2.88. The van der Waals surface area contributed by atoms with Gasteiger partial charge in [-0.3, -0.25) is 4.68 Å². The number of urea groups is 1. The number of hydrogen-bond donors (Lipinski definition) is 2. The van der Waals surface area contributed by atoms with Gasteiger partial charge in [0.2, 0.25) is 0 Å². The van der Waals surface area contributed by atoms with Crippen molar-refractivity contribution in [2.75, 3.05) is 5.32 Å². The van der Waals surface area contributed by atoms with Crippen LogP contribution >= 0.6 is 0 Å². The highest BCUT2D eigenvalue weighted by molar-refractivity contribution is 5.90. The van der Waals surface area contributed by atoms with Crippen LogP contribution in [-0.2, 0) is 7.05 Å². The van der Waals surface area contributed by atoms with Crippen molar-refractivity contribution in [1.82, 2.24) is 15.1 Å². The van der Waals surface area contributed by atoms with Gasteiger partial charge < -0.3 is 15.4 Å². The van der Waals surface area contributed by atoms with Gasteiger partial charge in [-0.05, 0) is 37.1 Å². The summed E-state index contributed by atoms with van der Waals surface area (Å²) in [6.45, 7) is 0.780. The number of nitrogens with zero attached hydrogens (tertiary/aromatic N) is 2. The van der Waals surface area contributed by atoms with Crippen molar-refractivity contribution < 1.29 is 18.3 Å². The fraction of sp³-hybridized carbons (Fsp3) is 0.375. The van der Waals surface area contributed by atoms with E-state index in [2.05, 4.69) is 20.5 Å². The van der Waals surface area contributed by atoms with Crippen LogP contribution < -0.4 is 15.4 Å². The molecule has 0 aliphatic carbocycles. The first-order chi connectivity index (χ1) is 11.4. The Labute approximate surface area is 138 Å². The van der Waals surface area contributed by atoms with Gasteiger partial charge in [0.05, 0.1) is 12.2 Å². The minimum absolute atomic E-state index is 0.0512. The molecule has 0 unspecified atom stereocenters. The monoisotopic (exact) mass is 338 g/mol. The quantitative estimate of drug-likeness (QED) is 0.845. The summed E-state index contributed by atoms with van der Waals surface area (Å²) in [4.78, 5) is 12.2. The summed E-state index contributed by atoms with van der Waals surface area (Å²) in [5.41, 5.74) is 2.06. The maximum Gasteiger partial charge on any atom is 0.387 e. The van der Waals surface area contributed by atoms with Crippen molar-refractivity contribution in [2.24, 2.45) is 7.05 Å². The maximum atomic E-state index is 12.2. The molecule has 0 spiro atoms. The van der Waals surface area contributed by atoms with E-state index in [9.17, 15) is 13.6 Å². The van der Waals surface area contributed by atoms with Crippen LogP contribution in [0.15, 0.2) is 30.6 Å². The number of aromatic nitrogens is 2. The SMILES string of the molecule is CC[C@H](NC(=O)Nc1ccc(OC(F)F)cc1C)c1cnn(C)c1. The largest absolute Gasteiger partial charge is 0.435 e. The first-order valence-corrected chi connectivity index (χ1v) is 7.50. The molecule has 1 atom stereocenters. The number of anilines is 1. The Morgan fingerprint density at radius 2 is 2.17 bits per heavy atom. The second-order valence-electron chi connectivity index (χ2n) is 5.36. The Bertz CT molecular complexity index is 703. The van der Waals surface area contributed by atoms with E-state index >= 15 is 0 Å². The van der Waals surface area contributed by atoms with E-state index in [1.165, 1.54) is 18.2 Å². The van der Waals surface area contributed by atoms with Crippen molar-refractivity contribution in [2.45, 2.75) is 32.9 Å². The molecule has 1 aromatic carbocycles. The molecule has 24 heavy (non-hydrogen) atoms. The second-order valence-corrected chi connectivity index (χ2v) is 5.36. The molecule has 0 aliphatic rings. The van der Waals surface area contributed by atoms with Crippen molar-refractivity contribution in [1.29, 1.82) is 0 Å². The van der Waals surface area contributed by atoms with Crippen LogP contribution in [0.2, 0.25) is 0 Å². The van der Waals surface area contributed by atoms with E-state index < -0.39 is 6.61 Å². The van der Waals surface area contributed by atoms with Crippen LogP contribution in [0.3, 0.4) is 0 Å². The number of nitrogens with one attached hydrogen (secondary N) is 2. The molecule has 2 amide bonds. The highest BCUT2D eigenvalue weighted by Gasteiger charge is 2.15. The molecule has 0 bridgehead atoms. The maximum absolute atomic E-state index is 12.2. The normalized spacial score (nSPS) is 12.1. The molecule has 2 aromatic rings. The predicted octanol–water partition coefficient (Wildman–Crippen LogP) is 3.60. The number of rotatable bonds is 6. The number of ether oxygens (including phenoxy) is 1. The number of carbonyl (C=O) groups is 1. The summed E-state index contributed by atoms with van der Waals surface area (Å²) in [5.74, 6) is 0.0512. The van der Waals surface area contributed by atoms with Gasteiger partial charge in [-0.1, -0.05) is 6.92 Å². The Morgan fingerprint density at radius 1 is 1.42 bits per heavy atom. The van der Waals surface area contributed by atoms with Gasteiger partial charge in [0.25, 0.3) is 0 Å². The average Bonchev–Trinajstić information content (AvgIpc) is 2.93.